The van der Waals surface area contributed by atoms with Crippen LogP contribution >= 0.6 is 0 Å². The average Bonchev–Trinajstić information content (AvgIpc) is 2.26. The Hall–Kier alpha value is -2.23. The number of hydrogen-bond acceptors (Lipinski definition) is 5. The third-order valence-corrected chi connectivity index (χ3v) is 2.36. The van der Waals surface area contributed by atoms with E-state index in [-0.39, 0.29) is 0 Å². The fraction of sp³-hybridized carbons (Fsp3) is 0.333. The molecular weight excluding hydrogens is 273 g/mol. The minimum atomic E-state index is -5.34. The summed E-state index contributed by atoms with van der Waals surface area (Å²) in [5.74, 6) is 0. The lowest BCUT2D eigenvalue weighted by molar-refractivity contribution is -0.519. The van der Waals surface area contributed by atoms with Crippen molar-refractivity contribution in [2.45, 2.75) is 11.8 Å². The summed E-state index contributed by atoms with van der Waals surface area (Å²) in [6.07, 6.45) is -5.34. The summed E-state index contributed by atoms with van der Waals surface area (Å²) in [4.78, 5) is 18.4. The Morgan fingerprint density at radius 1 is 1.21 bits per heavy atom. The van der Waals surface area contributed by atoms with Gasteiger partial charge < -0.3 is 5.11 Å². The second-order valence-corrected chi connectivity index (χ2v) is 3.66. The molecule has 1 unspecified atom stereocenters. The van der Waals surface area contributed by atoms with Gasteiger partial charge in [0.2, 0.25) is 6.54 Å². The molecule has 0 aliphatic carbocycles. The van der Waals surface area contributed by atoms with Gasteiger partial charge in [-0.3, -0.25) is 20.2 Å². The summed E-state index contributed by atoms with van der Waals surface area (Å²) in [7, 11) is 0. The quantitative estimate of drug-likeness (QED) is 0.666. The van der Waals surface area contributed by atoms with Crippen molar-refractivity contribution in [2.24, 2.45) is 0 Å². The fourth-order valence-electron chi connectivity index (χ4n) is 1.41. The van der Waals surface area contributed by atoms with Gasteiger partial charge >= 0.3 is 6.18 Å². The Morgan fingerprint density at radius 3 is 2.21 bits per heavy atom. The first-order valence-corrected chi connectivity index (χ1v) is 4.74. The van der Waals surface area contributed by atoms with Crippen LogP contribution in [0.4, 0.5) is 18.9 Å². The third-order valence-electron chi connectivity index (χ3n) is 2.36. The highest BCUT2D eigenvalue weighted by atomic mass is 19.4. The van der Waals surface area contributed by atoms with Crippen molar-refractivity contribution in [3.05, 3.63) is 50.1 Å². The van der Waals surface area contributed by atoms with Gasteiger partial charge in [0.15, 0.2) is 0 Å². The zero-order valence-electron chi connectivity index (χ0n) is 9.13. The largest absolute Gasteiger partial charge is 0.428 e. The van der Waals surface area contributed by atoms with Crippen LogP contribution in [0.5, 0.6) is 0 Å². The Kier molecular flexibility index (Phi) is 3.75. The molecule has 0 radical (unpaired) electrons. The highest BCUT2D eigenvalue weighted by Gasteiger charge is 2.59. The molecule has 0 aliphatic heterocycles. The second-order valence-electron chi connectivity index (χ2n) is 3.66. The van der Waals surface area contributed by atoms with Gasteiger partial charge in [0.25, 0.3) is 11.3 Å². The van der Waals surface area contributed by atoms with Crippen molar-refractivity contribution in [3.8, 4) is 0 Å². The molecule has 1 aromatic carbocycles. The van der Waals surface area contributed by atoms with E-state index < -0.39 is 39.4 Å². The van der Waals surface area contributed by atoms with Gasteiger partial charge in [-0.1, -0.05) is 12.1 Å². The predicted octanol–water partition coefficient (Wildman–Crippen LogP) is 1.62. The molecule has 0 amide bonds. The van der Waals surface area contributed by atoms with E-state index in [9.17, 15) is 38.5 Å². The van der Waals surface area contributed by atoms with Gasteiger partial charge in [-0.25, -0.2) is 0 Å². The number of halogens is 3. The topological polar surface area (TPSA) is 107 Å². The smallest absolute Gasteiger partial charge is 0.371 e. The van der Waals surface area contributed by atoms with Gasteiger partial charge in [-0.15, -0.1) is 0 Å². The standard InChI is InChI=1S/C9H7F3N2O5/c10-9(11,12)8(15,5-13(16)17)6-2-1-3-7(4-6)14(18)19/h1-4,15H,5H2. The molecule has 1 aromatic rings. The number of nitro groups is 2. The molecule has 0 aliphatic rings. The molecule has 0 fully saturated rings. The van der Waals surface area contributed by atoms with Crippen LogP contribution in [0.3, 0.4) is 0 Å². The lowest BCUT2D eigenvalue weighted by Gasteiger charge is -2.26. The molecule has 104 valence electrons. The molecule has 0 bridgehead atoms. The number of aliphatic hydroxyl groups is 1. The minimum absolute atomic E-state index is 0.455. The number of benzene rings is 1. The number of nitro benzene ring substituents is 1. The van der Waals surface area contributed by atoms with Crippen LogP contribution in [0.1, 0.15) is 5.56 Å². The van der Waals surface area contributed by atoms with Gasteiger partial charge in [0.1, 0.15) is 0 Å². The van der Waals surface area contributed by atoms with Gasteiger partial charge in [-0.2, -0.15) is 13.2 Å². The molecule has 0 spiro atoms. The third kappa shape index (κ3) is 2.96. The molecule has 0 heterocycles. The molecule has 0 aromatic heterocycles. The molecule has 0 saturated heterocycles. The first-order valence-electron chi connectivity index (χ1n) is 4.74. The SMILES string of the molecule is O=[N+]([O-])CC(O)(c1cccc([N+](=O)[O-])c1)C(F)(F)F. The molecule has 10 heteroatoms. The van der Waals surface area contributed by atoms with Gasteiger partial charge in [0.05, 0.1) is 4.92 Å². The zero-order chi connectivity index (χ0) is 14.8. The van der Waals surface area contributed by atoms with Crippen LogP contribution in [0.25, 0.3) is 0 Å². The van der Waals surface area contributed by atoms with E-state index in [0.29, 0.717) is 6.07 Å². The Labute approximate surface area is 103 Å². The summed E-state index contributed by atoms with van der Waals surface area (Å²) >= 11 is 0. The van der Waals surface area contributed by atoms with E-state index in [1.165, 1.54) is 0 Å². The maximum atomic E-state index is 12.8. The minimum Gasteiger partial charge on any atom is -0.371 e. The van der Waals surface area contributed by atoms with E-state index in [0.717, 1.165) is 18.2 Å². The van der Waals surface area contributed by atoms with Crippen molar-refractivity contribution in [1.29, 1.82) is 0 Å². The number of hydrogen-bond donors (Lipinski definition) is 1. The first-order chi connectivity index (χ1) is 8.58. The monoisotopic (exact) mass is 280 g/mol. The maximum absolute atomic E-state index is 12.8. The number of rotatable bonds is 4. The van der Waals surface area contributed by atoms with Crippen molar-refractivity contribution in [1.82, 2.24) is 0 Å². The molecule has 7 nitrogen and oxygen atoms in total. The summed E-state index contributed by atoms with van der Waals surface area (Å²) in [5.41, 5.74) is -5.43. The Balaban J connectivity index is 3.37. The van der Waals surface area contributed by atoms with E-state index in [2.05, 4.69) is 0 Å². The molecule has 1 rings (SSSR count). The molecule has 1 N–H and O–H groups in total. The lowest BCUT2D eigenvalue weighted by Crippen LogP contribution is -2.47. The Morgan fingerprint density at radius 2 is 1.79 bits per heavy atom. The van der Waals surface area contributed by atoms with Crippen LogP contribution in [0.15, 0.2) is 24.3 Å². The van der Waals surface area contributed by atoms with Crippen LogP contribution in [-0.2, 0) is 5.60 Å². The molecule has 19 heavy (non-hydrogen) atoms. The molecule has 0 saturated carbocycles. The van der Waals surface area contributed by atoms with Crippen LogP contribution in [-0.4, -0.2) is 27.7 Å². The van der Waals surface area contributed by atoms with Gasteiger partial charge in [0, 0.05) is 22.6 Å². The highest BCUT2D eigenvalue weighted by Crippen LogP contribution is 2.39. The van der Waals surface area contributed by atoms with E-state index in [1.54, 1.807) is 0 Å². The second kappa shape index (κ2) is 4.80. The lowest BCUT2D eigenvalue weighted by atomic mass is 9.93. The predicted molar refractivity (Wildman–Crippen MR) is 54.9 cm³/mol. The summed E-state index contributed by atoms with van der Waals surface area (Å²) in [6.45, 7) is -1.84. The first kappa shape index (κ1) is 14.8. The normalized spacial score (nSPS) is 14.7. The van der Waals surface area contributed by atoms with Crippen molar-refractivity contribution >= 4 is 5.69 Å². The van der Waals surface area contributed by atoms with E-state index in [4.69, 9.17) is 0 Å². The summed E-state index contributed by atoms with van der Waals surface area (Å²) < 4.78 is 38.3. The van der Waals surface area contributed by atoms with E-state index >= 15 is 0 Å². The Bertz CT molecular complexity index is 519. The number of non-ortho nitro benzene ring substituents is 1. The van der Waals surface area contributed by atoms with E-state index in [1.807, 2.05) is 0 Å². The van der Waals surface area contributed by atoms with Crippen molar-refractivity contribution < 1.29 is 28.1 Å². The van der Waals surface area contributed by atoms with Crippen LogP contribution in [0, 0.1) is 20.2 Å². The van der Waals surface area contributed by atoms with Crippen LogP contribution < -0.4 is 0 Å². The summed E-state index contributed by atoms with van der Waals surface area (Å²) in [6, 6.07) is 3.01. The van der Waals surface area contributed by atoms with Crippen molar-refractivity contribution in [3.63, 3.8) is 0 Å². The average molecular weight is 280 g/mol. The molecule has 1 atom stereocenters. The number of alkyl halides is 3. The fourth-order valence-corrected chi connectivity index (χ4v) is 1.41. The van der Waals surface area contributed by atoms with Crippen LogP contribution in [0.2, 0.25) is 0 Å². The summed E-state index contributed by atoms with van der Waals surface area (Å²) in [5, 5.41) is 30.2. The number of nitrogens with zero attached hydrogens (tertiary/aromatic N) is 2. The highest BCUT2D eigenvalue weighted by molar-refractivity contribution is 5.38. The van der Waals surface area contributed by atoms with Gasteiger partial charge in [-0.05, 0) is 0 Å². The van der Waals surface area contributed by atoms with Crippen molar-refractivity contribution in [2.75, 3.05) is 6.54 Å². The molecular formula is C9H7F3N2O5. The zero-order valence-corrected chi connectivity index (χ0v) is 9.13. The maximum Gasteiger partial charge on any atom is 0.428 e.